The third-order valence-electron chi connectivity index (χ3n) is 5.60. The molecule has 1 aliphatic carbocycles. The highest BCUT2D eigenvalue weighted by molar-refractivity contribution is 5.78. The molecule has 1 saturated carbocycles. The number of hydrogen-bond donors (Lipinski definition) is 0. The van der Waals surface area contributed by atoms with Crippen LogP contribution in [0.5, 0.6) is 5.75 Å². The van der Waals surface area contributed by atoms with Gasteiger partial charge in [0.2, 0.25) is 5.91 Å². The fourth-order valence-corrected chi connectivity index (χ4v) is 3.83. The van der Waals surface area contributed by atoms with Crippen LogP contribution in [0.4, 0.5) is 0 Å². The van der Waals surface area contributed by atoms with Gasteiger partial charge in [-0.2, -0.15) is 5.10 Å². The van der Waals surface area contributed by atoms with Crippen LogP contribution < -0.4 is 4.74 Å². The van der Waals surface area contributed by atoms with E-state index in [1.165, 1.54) is 24.9 Å². The van der Waals surface area contributed by atoms with Gasteiger partial charge in [0.05, 0.1) is 24.8 Å². The second-order valence-electron chi connectivity index (χ2n) is 8.20. The van der Waals surface area contributed by atoms with E-state index in [1.54, 1.807) is 24.2 Å². The van der Waals surface area contributed by atoms with Gasteiger partial charge in [0, 0.05) is 38.9 Å². The Balaban J connectivity index is 1.66. The van der Waals surface area contributed by atoms with Crippen molar-refractivity contribution < 1.29 is 23.7 Å². The summed E-state index contributed by atoms with van der Waals surface area (Å²) >= 11 is 0. The summed E-state index contributed by atoms with van der Waals surface area (Å²) in [6, 6.07) is 5.51. The van der Waals surface area contributed by atoms with Gasteiger partial charge in [0.25, 0.3) is 0 Å². The van der Waals surface area contributed by atoms with Crippen molar-refractivity contribution in [2.45, 2.75) is 57.9 Å². The third-order valence-corrected chi connectivity index (χ3v) is 5.60. The number of pyridine rings is 1. The van der Waals surface area contributed by atoms with Gasteiger partial charge in [-0.15, -0.1) is 0 Å². The zero-order valence-electron chi connectivity index (χ0n) is 19.2. The number of methoxy groups -OCH3 is 2. The first-order valence-corrected chi connectivity index (χ1v) is 11.1. The van der Waals surface area contributed by atoms with Crippen LogP contribution in [0.3, 0.4) is 0 Å². The summed E-state index contributed by atoms with van der Waals surface area (Å²) in [5.41, 5.74) is 0.641. The molecular formula is C23H34N4O5. The van der Waals surface area contributed by atoms with E-state index in [-0.39, 0.29) is 32.0 Å². The Kier molecular flexibility index (Phi) is 9.45. The summed E-state index contributed by atoms with van der Waals surface area (Å²) in [5, 5.41) is 4.21. The molecule has 0 N–H and O–H groups in total. The quantitative estimate of drug-likeness (QED) is 0.463. The SMILES string of the molecule is COCOC(Cn1cccn1)N(COC)C(=O)Cc1cc(OC2CCC(C)CC2)ccn1. The highest BCUT2D eigenvalue weighted by atomic mass is 16.7. The van der Waals surface area contributed by atoms with E-state index in [0.717, 1.165) is 24.5 Å². The Morgan fingerprint density at radius 2 is 2.03 bits per heavy atom. The normalized spacial score (nSPS) is 19.5. The fourth-order valence-electron chi connectivity index (χ4n) is 3.83. The summed E-state index contributed by atoms with van der Waals surface area (Å²) in [4.78, 5) is 19.1. The molecule has 2 heterocycles. The van der Waals surface area contributed by atoms with E-state index in [0.29, 0.717) is 12.2 Å². The van der Waals surface area contributed by atoms with Crippen molar-refractivity contribution in [3.05, 3.63) is 42.5 Å². The third kappa shape index (κ3) is 7.29. The summed E-state index contributed by atoms with van der Waals surface area (Å²) < 4.78 is 24.0. The second kappa shape index (κ2) is 12.5. The molecular weight excluding hydrogens is 412 g/mol. The van der Waals surface area contributed by atoms with Crippen LogP contribution in [-0.4, -0.2) is 65.6 Å². The van der Waals surface area contributed by atoms with Crippen molar-refractivity contribution in [1.82, 2.24) is 19.7 Å². The Morgan fingerprint density at radius 1 is 1.22 bits per heavy atom. The van der Waals surface area contributed by atoms with Crippen molar-refractivity contribution >= 4 is 5.91 Å². The number of hydrogen-bond acceptors (Lipinski definition) is 7. The average Bonchev–Trinajstić information content (AvgIpc) is 3.30. The summed E-state index contributed by atoms with van der Waals surface area (Å²) in [7, 11) is 3.08. The second-order valence-corrected chi connectivity index (χ2v) is 8.20. The molecule has 3 rings (SSSR count). The first kappa shape index (κ1) is 24.2. The number of ether oxygens (including phenoxy) is 4. The van der Waals surface area contributed by atoms with Crippen LogP contribution in [0.2, 0.25) is 0 Å². The molecule has 1 atom stereocenters. The minimum atomic E-state index is -0.606. The highest BCUT2D eigenvalue weighted by Gasteiger charge is 2.26. The predicted molar refractivity (Wildman–Crippen MR) is 118 cm³/mol. The maximum absolute atomic E-state index is 13.2. The van der Waals surface area contributed by atoms with Crippen LogP contribution >= 0.6 is 0 Å². The molecule has 1 fully saturated rings. The number of amides is 1. The van der Waals surface area contributed by atoms with Crippen LogP contribution in [0.1, 0.15) is 38.3 Å². The van der Waals surface area contributed by atoms with Gasteiger partial charge in [-0.25, -0.2) is 0 Å². The van der Waals surface area contributed by atoms with E-state index in [1.807, 2.05) is 24.4 Å². The topological polar surface area (TPSA) is 87.9 Å². The number of carbonyl (C=O) groups excluding carboxylic acids is 1. The molecule has 1 unspecified atom stereocenters. The first-order valence-electron chi connectivity index (χ1n) is 11.1. The van der Waals surface area contributed by atoms with E-state index in [4.69, 9.17) is 18.9 Å². The van der Waals surface area contributed by atoms with E-state index < -0.39 is 6.23 Å². The zero-order valence-corrected chi connectivity index (χ0v) is 19.2. The van der Waals surface area contributed by atoms with Crippen molar-refractivity contribution in [1.29, 1.82) is 0 Å². The molecule has 0 saturated heterocycles. The summed E-state index contributed by atoms with van der Waals surface area (Å²) in [6.45, 7) is 2.75. The first-order chi connectivity index (χ1) is 15.6. The fraction of sp³-hybridized carbons (Fsp3) is 0.609. The molecule has 0 spiro atoms. The van der Waals surface area contributed by atoms with Gasteiger partial charge in [-0.1, -0.05) is 6.92 Å². The van der Waals surface area contributed by atoms with Crippen molar-refractivity contribution in [3.63, 3.8) is 0 Å². The van der Waals surface area contributed by atoms with Crippen LogP contribution in [-0.2, 0) is 32.0 Å². The van der Waals surface area contributed by atoms with Gasteiger partial charge >= 0.3 is 0 Å². The molecule has 2 aromatic rings. The molecule has 1 aliphatic rings. The maximum atomic E-state index is 13.2. The van der Waals surface area contributed by atoms with E-state index in [9.17, 15) is 4.79 Å². The zero-order chi connectivity index (χ0) is 22.8. The van der Waals surface area contributed by atoms with E-state index in [2.05, 4.69) is 17.0 Å². The molecule has 0 radical (unpaired) electrons. The van der Waals surface area contributed by atoms with Gasteiger partial charge in [-0.3, -0.25) is 19.4 Å². The van der Waals surface area contributed by atoms with Crippen LogP contribution in [0.25, 0.3) is 0 Å². The number of aromatic nitrogens is 3. The van der Waals surface area contributed by atoms with Crippen LogP contribution in [0.15, 0.2) is 36.8 Å². The maximum Gasteiger partial charge on any atom is 0.232 e. The number of rotatable bonds is 12. The minimum absolute atomic E-state index is 0.0427. The molecule has 176 valence electrons. The molecule has 1 amide bonds. The molecule has 9 nitrogen and oxygen atoms in total. The Morgan fingerprint density at radius 3 is 2.72 bits per heavy atom. The summed E-state index contributed by atoms with van der Waals surface area (Å²) in [5.74, 6) is 1.35. The smallest absolute Gasteiger partial charge is 0.232 e. The Bertz CT molecular complexity index is 808. The van der Waals surface area contributed by atoms with Gasteiger partial charge in [0.1, 0.15) is 19.3 Å². The lowest BCUT2D eigenvalue weighted by atomic mass is 9.89. The molecule has 2 aromatic heterocycles. The standard InChI is InChI=1S/C23H34N4O5/c1-18-5-7-20(8-6-18)32-21-9-11-24-19(13-21)14-22(28)27(16-29-2)23(31-17-30-3)15-26-12-4-10-25-26/h4,9-13,18,20,23H,5-8,14-17H2,1-3H3. The highest BCUT2D eigenvalue weighted by Crippen LogP contribution is 2.27. The van der Waals surface area contributed by atoms with Crippen molar-refractivity contribution in [2.75, 3.05) is 27.7 Å². The molecule has 0 aromatic carbocycles. The average molecular weight is 447 g/mol. The van der Waals surface area contributed by atoms with Crippen LogP contribution in [0, 0.1) is 5.92 Å². The Labute approximate surface area is 189 Å². The number of nitrogens with zero attached hydrogens (tertiary/aromatic N) is 4. The molecule has 9 heteroatoms. The summed E-state index contributed by atoms with van der Waals surface area (Å²) in [6.07, 6.45) is 9.40. The lowest BCUT2D eigenvalue weighted by Gasteiger charge is -2.31. The lowest BCUT2D eigenvalue weighted by molar-refractivity contribution is -0.175. The lowest BCUT2D eigenvalue weighted by Crippen LogP contribution is -2.46. The van der Waals surface area contributed by atoms with E-state index >= 15 is 0 Å². The molecule has 0 bridgehead atoms. The molecule has 32 heavy (non-hydrogen) atoms. The van der Waals surface area contributed by atoms with Crippen molar-refractivity contribution in [2.24, 2.45) is 5.92 Å². The Hall–Kier alpha value is -2.49. The number of carbonyl (C=O) groups is 1. The van der Waals surface area contributed by atoms with Gasteiger partial charge < -0.3 is 18.9 Å². The van der Waals surface area contributed by atoms with Crippen molar-refractivity contribution in [3.8, 4) is 5.75 Å². The van der Waals surface area contributed by atoms with Gasteiger partial charge in [-0.05, 0) is 43.7 Å². The minimum Gasteiger partial charge on any atom is -0.490 e. The predicted octanol–water partition coefficient (Wildman–Crippen LogP) is 2.86. The largest absolute Gasteiger partial charge is 0.490 e. The van der Waals surface area contributed by atoms with Gasteiger partial charge in [0.15, 0.2) is 6.23 Å². The monoisotopic (exact) mass is 446 g/mol. The molecule has 0 aliphatic heterocycles.